The van der Waals surface area contributed by atoms with E-state index in [9.17, 15) is 14.3 Å². The maximum atomic E-state index is 13.1. The number of carbonyl (C=O) groups excluding carboxylic acids is 1. The number of phenols is 1. The van der Waals surface area contributed by atoms with Gasteiger partial charge in [0.15, 0.2) is 0 Å². The summed E-state index contributed by atoms with van der Waals surface area (Å²) < 4.78 is 13.1. The number of anilines is 1. The first-order valence-corrected chi connectivity index (χ1v) is 5.41. The Hall–Kier alpha value is -2.27. The van der Waals surface area contributed by atoms with Crippen LogP contribution in [0.5, 0.6) is 5.75 Å². The van der Waals surface area contributed by atoms with E-state index in [2.05, 4.69) is 10.0 Å². The Morgan fingerprint density at radius 2 is 2.39 bits per heavy atom. The quantitative estimate of drug-likeness (QED) is 0.506. The van der Waals surface area contributed by atoms with Crippen LogP contribution in [0.3, 0.4) is 0 Å². The maximum Gasteiger partial charge on any atom is 0.227 e. The summed E-state index contributed by atoms with van der Waals surface area (Å²) >= 11 is 0. The zero-order valence-corrected chi connectivity index (χ0v) is 9.45. The van der Waals surface area contributed by atoms with Crippen LogP contribution in [-0.4, -0.2) is 24.1 Å². The summed E-state index contributed by atoms with van der Waals surface area (Å²) in [5, 5.41) is 13.1. The van der Waals surface area contributed by atoms with Crippen LogP contribution in [0.2, 0.25) is 0 Å². The van der Waals surface area contributed by atoms with Crippen molar-refractivity contribution in [3.8, 4) is 5.75 Å². The summed E-state index contributed by atoms with van der Waals surface area (Å²) in [7, 11) is 0. The second kappa shape index (κ2) is 4.93. The van der Waals surface area contributed by atoms with Crippen LogP contribution >= 0.6 is 0 Å². The lowest BCUT2D eigenvalue weighted by atomic mass is 10.1. The summed E-state index contributed by atoms with van der Waals surface area (Å²) in [6.07, 6.45) is 0.231. The number of carbonyl (C=O) groups is 1. The van der Waals surface area contributed by atoms with Gasteiger partial charge in [0.2, 0.25) is 5.91 Å². The van der Waals surface area contributed by atoms with Crippen molar-refractivity contribution in [1.29, 1.82) is 0 Å². The van der Waals surface area contributed by atoms with E-state index in [1.807, 2.05) is 0 Å². The topological polar surface area (TPSA) is 89.3 Å². The lowest BCUT2D eigenvalue weighted by molar-refractivity contribution is -0.117. The summed E-state index contributed by atoms with van der Waals surface area (Å²) in [5.41, 5.74) is 8.38. The van der Waals surface area contributed by atoms with Gasteiger partial charge >= 0.3 is 0 Å². The molecule has 1 amide bonds. The van der Waals surface area contributed by atoms with Gasteiger partial charge < -0.3 is 10.0 Å². The second-order valence-electron chi connectivity index (χ2n) is 4.12. The van der Waals surface area contributed by atoms with Crippen molar-refractivity contribution in [1.82, 2.24) is 0 Å². The summed E-state index contributed by atoms with van der Waals surface area (Å²) in [6.45, 7) is 0.531. The minimum atomic E-state index is -0.519. The minimum Gasteiger partial charge on any atom is -0.506 e. The third kappa shape index (κ3) is 2.36. The van der Waals surface area contributed by atoms with E-state index in [4.69, 9.17) is 5.53 Å². The van der Waals surface area contributed by atoms with E-state index < -0.39 is 5.82 Å². The van der Waals surface area contributed by atoms with Gasteiger partial charge in [-0.05, 0) is 23.6 Å². The van der Waals surface area contributed by atoms with Crippen molar-refractivity contribution >= 4 is 11.6 Å². The molecule has 0 saturated carbocycles. The molecule has 1 N–H and O–H groups in total. The van der Waals surface area contributed by atoms with Crippen LogP contribution in [0.1, 0.15) is 6.42 Å². The number of amides is 1. The van der Waals surface area contributed by atoms with Crippen molar-refractivity contribution in [2.24, 2.45) is 11.0 Å². The van der Waals surface area contributed by atoms with Gasteiger partial charge in [0, 0.05) is 30.5 Å². The first kappa shape index (κ1) is 12.2. The molecular formula is C11H11FN4O2. The highest BCUT2D eigenvalue weighted by Crippen LogP contribution is 2.32. The lowest BCUT2D eigenvalue weighted by Crippen LogP contribution is -2.25. The molecule has 2 rings (SSSR count). The molecule has 0 aromatic heterocycles. The molecule has 1 atom stereocenters. The summed E-state index contributed by atoms with van der Waals surface area (Å²) in [5.74, 6) is -0.978. The zero-order valence-electron chi connectivity index (χ0n) is 9.45. The fraction of sp³-hybridized carbons (Fsp3) is 0.364. The Labute approximate surface area is 102 Å². The number of rotatable bonds is 3. The van der Waals surface area contributed by atoms with Gasteiger partial charge in [-0.25, -0.2) is 4.39 Å². The smallest absolute Gasteiger partial charge is 0.227 e. The van der Waals surface area contributed by atoms with Crippen molar-refractivity contribution in [2.45, 2.75) is 6.42 Å². The fourth-order valence-corrected chi connectivity index (χ4v) is 2.00. The predicted octanol–water partition coefficient (Wildman–Crippen LogP) is 2.19. The first-order valence-electron chi connectivity index (χ1n) is 5.41. The molecule has 0 spiro atoms. The van der Waals surface area contributed by atoms with Crippen LogP contribution in [0.15, 0.2) is 23.3 Å². The van der Waals surface area contributed by atoms with E-state index in [0.29, 0.717) is 6.54 Å². The standard InChI is InChI=1S/C11H11FN4O2/c12-8-1-2-10(17)9(4-8)16-6-7(3-11(16)18)5-14-15-13/h1-2,4,7,17H,3,5-6H2. The number of hydrogen-bond donors (Lipinski definition) is 1. The van der Waals surface area contributed by atoms with Crippen LogP contribution in [-0.2, 0) is 4.79 Å². The Kier molecular flexibility index (Phi) is 3.34. The number of azide groups is 1. The molecule has 1 heterocycles. The van der Waals surface area contributed by atoms with E-state index >= 15 is 0 Å². The van der Waals surface area contributed by atoms with Crippen LogP contribution in [0, 0.1) is 11.7 Å². The van der Waals surface area contributed by atoms with Crippen molar-refractivity contribution < 1.29 is 14.3 Å². The minimum absolute atomic E-state index is 0.101. The number of hydrogen-bond acceptors (Lipinski definition) is 3. The molecule has 18 heavy (non-hydrogen) atoms. The predicted molar refractivity (Wildman–Crippen MR) is 62.5 cm³/mol. The first-order chi connectivity index (χ1) is 8.61. The van der Waals surface area contributed by atoms with Gasteiger partial charge in [0.05, 0.1) is 5.69 Å². The molecule has 7 heteroatoms. The molecular weight excluding hydrogens is 239 g/mol. The highest BCUT2D eigenvalue weighted by atomic mass is 19.1. The van der Waals surface area contributed by atoms with Gasteiger partial charge in [-0.15, -0.1) is 0 Å². The van der Waals surface area contributed by atoms with Crippen LogP contribution in [0.4, 0.5) is 10.1 Å². The number of halogens is 1. The van der Waals surface area contributed by atoms with Gasteiger partial charge in [-0.3, -0.25) is 4.79 Å². The van der Waals surface area contributed by atoms with Crippen molar-refractivity contribution in [2.75, 3.05) is 18.0 Å². The SMILES string of the molecule is [N-]=[N+]=NCC1CC(=O)N(c2cc(F)ccc2O)C1. The number of phenolic OH excluding ortho intramolecular Hbond substituents is 1. The van der Waals surface area contributed by atoms with Crippen LogP contribution < -0.4 is 4.90 Å². The molecule has 1 aromatic carbocycles. The molecule has 1 fully saturated rings. The third-order valence-corrected chi connectivity index (χ3v) is 2.84. The molecule has 1 unspecified atom stereocenters. The van der Waals surface area contributed by atoms with Gasteiger partial charge in [-0.2, -0.15) is 0 Å². The number of aromatic hydroxyl groups is 1. The lowest BCUT2D eigenvalue weighted by Gasteiger charge is -2.17. The summed E-state index contributed by atoms with van der Waals surface area (Å²) in [6, 6.07) is 3.44. The number of benzene rings is 1. The monoisotopic (exact) mass is 250 g/mol. The molecule has 0 aliphatic carbocycles. The average Bonchev–Trinajstić information content (AvgIpc) is 2.71. The molecule has 94 valence electrons. The molecule has 0 radical (unpaired) electrons. The average molecular weight is 250 g/mol. The molecule has 1 aliphatic rings. The van der Waals surface area contributed by atoms with E-state index in [1.54, 1.807) is 0 Å². The highest BCUT2D eigenvalue weighted by molar-refractivity contribution is 5.97. The molecule has 1 aromatic rings. The van der Waals surface area contributed by atoms with Gasteiger partial charge in [0.25, 0.3) is 0 Å². The van der Waals surface area contributed by atoms with Gasteiger partial charge in [-0.1, -0.05) is 5.11 Å². The van der Waals surface area contributed by atoms with Crippen molar-refractivity contribution in [3.05, 3.63) is 34.5 Å². The van der Waals surface area contributed by atoms with Crippen molar-refractivity contribution in [3.63, 3.8) is 0 Å². The van der Waals surface area contributed by atoms with E-state index in [1.165, 1.54) is 11.0 Å². The number of nitrogens with zero attached hydrogens (tertiary/aromatic N) is 4. The van der Waals surface area contributed by atoms with Crippen LogP contribution in [0.25, 0.3) is 10.4 Å². The van der Waals surface area contributed by atoms with E-state index in [-0.39, 0.29) is 36.2 Å². The summed E-state index contributed by atoms with van der Waals surface area (Å²) in [4.78, 5) is 15.7. The fourth-order valence-electron chi connectivity index (χ4n) is 2.00. The van der Waals surface area contributed by atoms with E-state index in [0.717, 1.165) is 12.1 Å². The molecule has 1 aliphatic heterocycles. The Morgan fingerprint density at radius 1 is 1.61 bits per heavy atom. The highest BCUT2D eigenvalue weighted by Gasteiger charge is 2.31. The maximum absolute atomic E-state index is 13.1. The zero-order chi connectivity index (χ0) is 13.1. The largest absolute Gasteiger partial charge is 0.506 e. The molecule has 6 nitrogen and oxygen atoms in total. The Balaban J connectivity index is 2.21. The molecule has 0 bridgehead atoms. The Bertz CT molecular complexity index is 528. The normalized spacial score (nSPS) is 18.8. The third-order valence-electron chi connectivity index (χ3n) is 2.84. The second-order valence-corrected chi connectivity index (χ2v) is 4.12. The molecule has 1 saturated heterocycles. The Morgan fingerprint density at radius 3 is 3.11 bits per heavy atom. The van der Waals surface area contributed by atoms with Gasteiger partial charge in [0.1, 0.15) is 11.6 Å².